The molecule has 1 amide bonds. The Morgan fingerprint density at radius 2 is 2.60 bits per heavy atom. The summed E-state index contributed by atoms with van der Waals surface area (Å²) >= 11 is 0. The van der Waals surface area contributed by atoms with E-state index in [1.807, 2.05) is 5.32 Å². The summed E-state index contributed by atoms with van der Waals surface area (Å²) in [6.07, 6.45) is 0.639. The van der Waals surface area contributed by atoms with E-state index in [-0.39, 0.29) is 0 Å². The van der Waals surface area contributed by atoms with Gasteiger partial charge >= 0.3 is 6.09 Å². The van der Waals surface area contributed by atoms with E-state index >= 15 is 0 Å². The molecule has 0 aliphatic heterocycles. The highest BCUT2D eigenvalue weighted by Gasteiger charge is 2.06. The van der Waals surface area contributed by atoms with Crippen LogP contribution in [-0.2, 0) is 0 Å². The van der Waals surface area contributed by atoms with Crippen LogP contribution < -0.4 is 5.32 Å². The van der Waals surface area contributed by atoms with Gasteiger partial charge in [0.25, 0.3) is 0 Å². The van der Waals surface area contributed by atoms with Crippen LogP contribution in [0.2, 0.25) is 0 Å². The maximum atomic E-state index is 9.95. The first-order chi connectivity index (χ1) is 4.70. The minimum Gasteiger partial charge on any atom is -0.465 e. The number of carbonyl (C=O) groups is 1. The fourth-order valence-electron chi connectivity index (χ4n) is 0.460. The first kappa shape index (κ1) is 8.50. The molecule has 0 fully saturated rings. The van der Waals surface area contributed by atoms with Gasteiger partial charge in [0.1, 0.15) is 6.04 Å². The molecule has 4 heteroatoms. The summed E-state index contributed by atoms with van der Waals surface area (Å²) in [5, 5.41) is 18.4. The molecule has 0 aliphatic carbocycles. The Balaban J connectivity index is 3.74. The largest absolute Gasteiger partial charge is 0.465 e. The van der Waals surface area contributed by atoms with Crippen LogP contribution in [0, 0.1) is 11.3 Å². The molecule has 0 radical (unpaired) electrons. The Morgan fingerprint density at radius 1 is 2.00 bits per heavy atom. The lowest BCUT2D eigenvalue weighted by Crippen LogP contribution is -2.31. The molecule has 0 heterocycles. The molecule has 0 bridgehead atoms. The van der Waals surface area contributed by atoms with Crippen molar-refractivity contribution < 1.29 is 9.90 Å². The van der Waals surface area contributed by atoms with Gasteiger partial charge in [-0.15, -0.1) is 6.58 Å². The quantitative estimate of drug-likeness (QED) is 0.567. The van der Waals surface area contributed by atoms with Gasteiger partial charge in [0.05, 0.1) is 6.07 Å². The minimum absolute atomic E-state index is 0.336. The average Bonchev–Trinajstić information content (AvgIpc) is 1.86. The van der Waals surface area contributed by atoms with Gasteiger partial charge in [-0.2, -0.15) is 5.26 Å². The SMILES string of the molecule is C=CCC(C#N)NC(=O)O. The normalized spacial score (nSPS) is 11.1. The predicted molar refractivity (Wildman–Crippen MR) is 35.4 cm³/mol. The summed E-state index contributed by atoms with van der Waals surface area (Å²) in [6.45, 7) is 3.37. The van der Waals surface area contributed by atoms with Crippen LogP contribution >= 0.6 is 0 Å². The molecule has 10 heavy (non-hydrogen) atoms. The molecule has 0 saturated carbocycles. The van der Waals surface area contributed by atoms with Crippen LogP contribution in [0.4, 0.5) is 4.79 Å². The summed E-state index contributed by atoms with van der Waals surface area (Å²) in [5.74, 6) is 0. The molecule has 0 aromatic rings. The van der Waals surface area contributed by atoms with Crippen molar-refractivity contribution in [1.82, 2.24) is 5.32 Å². The summed E-state index contributed by atoms with van der Waals surface area (Å²) in [4.78, 5) is 9.95. The zero-order valence-electron chi connectivity index (χ0n) is 5.37. The van der Waals surface area contributed by atoms with Crippen LogP contribution in [0.1, 0.15) is 6.42 Å². The van der Waals surface area contributed by atoms with Crippen molar-refractivity contribution in [3.63, 3.8) is 0 Å². The second-order valence-corrected chi connectivity index (χ2v) is 1.66. The molecule has 4 nitrogen and oxygen atoms in total. The third-order valence-electron chi connectivity index (χ3n) is 0.856. The molecule has 0 saturated heterocycles. The number of nitrogens with one attached hydrogen (secondary N) is 1. The number of nitriles is 1. The van der Waals surface area contributed by atoms with Gasteiger partial charge in [-0.05, 0) is 6.42 Å². The predicted octanol–water partition coefficient (Wildman–Crippen LogP) is 0.722. The van der Waals surface area contributed by atoms with E-state index in [0.29, 0.717) is 6.42 Å². The first-order valence-corrected chi connectivity index (χ1v) is 2.70. The van der Waals surface area contributed by atoms with Gasteiger partial charge < -0.3 is 10.4 Å². The second kappa shape index (κ2) is 4.39. The van der Waals surface area contributed by atoms with E-state index < -0.39 is 12.1 Å². The number of carboxylic acid groups (broad SMARTS) is 1. The van der Waals surface area contributed by atoms with E-state index in [1.54, 1.807) is 6.07 Å². The van der Waals surface area contributed by atoms with Crippen molar-refractivity contribution in [2.45, 2.75) is 12.5 Å². The van der Waals surface area contributed by atoms with Gasteiger partial charge in [0.2, 0.25) is 0 Å². The van der Waals surface area contributed by atoms with Crippen LogP contribution in [0.5, 0.6) is 0 Å². The smallest absolute Gasteiger partial charge is 0.405 e. The Bertz CT molecular complexity index is 171. The zero-order chi connectivity index (χ0) is 7.98. The fourth-order valence-corrected chi connectivity index (χ4v) is 0.460. The molecule has 0 spiro atoms. The highest BCUT2D eigenvalue weighted by molar-refractivity contribution is 5.65. The average molecular weight is 140 g/mol. The second-order valence-electron chi connectivity index (χ2n) is 1.66. The number of nitrogens with zero attached hydrogens (tertiary/aromatic N) is 1. The number of rotatable bonds is 3. The van der Waals surface area contributed by atoms with Crippen molar-refractivity contribution in [3.05, 3.63) is 12.7 Å². The lowest BCUT2D eigenvalue weighted by molar-refractivity contribution is 0.192. The van der Waals surface area contributed by atoms with Crippen LogP contribution in [-0.4, -0.2) is 17.2 Å². The van der Waals surface area contributed by atoms with Crippen molar-refractivity contribution in [1.29, 1.82) is 5.26 Å². The third-order valence-corrected chi connectivity index (χ3v) is 0.856. The van der Waals surface area contributed by atoms with Gasteiger partial charge in [0.15, 0.2) is 0 Å². The van der Waals surface area contributed by atoms with Crippen LogP contribution in [0.15, 0.2) is 12.7 Å². The van der Waals surface area contributed by atoms with E-state index in [4.69, 9.17) is 10.4 Å². The highest BCUT2D eigenvalue weighted by Crippen LogP contribution is 1.89. The molecule has 0 rings (SSSR count). The van der Waals surface area contributed by atoms with Gasteiger partial charge in [-0.25, -0.2) is 4.79 Å². The minimum atomic E-state index is -1.19. The Labute approximate surface area is 58.8 Å². The van der Waals surface area contributed by atoms with Gasteiger partial charge in [0, 0.05) is 0 Å². The molecule has 0 aromatic heterocycles. The maximum Gasteiger partial charge on any atom is 0.405 e. The topological polar surface area (TPSA) is 73.1 Å². The van der Waals surface area contributed by atoms with Crippen molar-refractivity contribution >= 4 is 6.09 Å². The molecule has 54 valence electrons. The molecule has 2 N–H and O–H groups in total. The molecular formula is C6H8N2O2. The summed E-state index contributed by atoms with van der Waals surface area (Å²) < 4.78 is 0. The highest BCUT2D eigenvalue weighted by atomic mass is 16.4. The van der Waals surface area contributed by atoms with Crippen molar-refractivity contribution in [2.75, 3.05) is 0 Å². The standard InChI is InChI=1S/C6H8N2O2/c1-2-3-5(4-7)8-6(9)10/h2,5,8H,1,3H2,(H,9,10). The van der Waals surface area contributed by atoms with Gasteiger partial charge in [-0.1, -0.05) is 6.08 Å². The first-order valence-electron chi connectivity index (χ1n) is 2.70. The van der Waals surface area contributed by atoms with Crippen molar-refractivity contribution in [3.8, 4) is 6.07 Å². The van der Waals surface area contributed by atoms with Crippen LogP contribution in [0.25, 0.3) is 0 Å². The molecule has 0 aliphatic rings. The Hall–Kier alpha value is -1.50. The monoisotopic (exact) mass is 140 g/mol. The third kappa shape index (κ3) is 3.50. The Morgan fingerprint density at radius 3 is 2.90 bits per heavy atom. The van der Waals surface area contributed by atoms with Crippen molar-refractivity contribution in [2.24, 2.45) is 0 Å². The fraction of sp³-hybridized carbons (Fsp3) is 0.333. The van der Waals surface area contributed by atoms with Crippen LogP contribution in [0.3, 0.4) is 0 Å². The summed E-state index contributed by atoms with van der Waals surface area (Å²) in [5.41, 5.74) is 0. The van der Waals surface area contributed by atoms with Gasteiger partial charge in [-0.3, -0.25) is 0 Å². The summed E-state index contributed by atoms with van der Waals surface area (Å²) in [7, 11) is 0. The molecule has 0 aromatic carbocycles. The number of amides is 1. The molecule has 1 unspecified atom stereocenters. The number of hydrogen-bond donors (Lipinski definition) is 2. The van der Waals surface area contributed by atoms with E-state index in [9.17, 15) is 4.79 Å². The lowest BCUT2D eigenvalue weighted by atomic mass is 10.2. The lowest BCUT2D eigenvalue weighted by Gasteiger charge is -2.03. The maximum absolute atomic E-state index is 9.95. The van der Waals surface area contributed by atoms with E-state index in [0.717, 1.165) is 0 Å². The Kier molecular flexibility index (Phi) is 3.73. The summed E-state index contributed by atoms with van der Waals surface area (Å²) in [6, 6.07) is 1.10. The van der Waals surface area contributed by atoms with E-state index in [1.165, 1.54) is 6.08 Å². The number of hydrogen-bond acceptors (Lipinski definition) is 2. The molecular weight excluding hydrogens is 132 g/mol. The zero-order valence-corrected chi connectivity index (χ0v) is 5.37. The molecule has 1 atom stereocenters. The van der Waals surface area contributed by atoms with E-state index in [2.05, 4.69) is 6.58 Å².